The van der Waals surface area contributed by atoms with Gasteiger partial charge >= 0.3 is 0 Å². The summed E-state index contributed by atoms with van der Waals surface area (Å²) in [5.41, 5.74) is 0. The summed E-state index contributed by atoms with van der Waals surface area (Å²) in [6, 6.07) is 1.33. The van der Waals surface area contributed by atoms with E-state index in [9.17, 15) is 9.59 Å². The van der Waals surface area contributed by atoms with E-state index in [2.05, 4.69) is 11.9 Å². The molecule has 88 valence electrons. The van der Waals surface area contributed by atoms with Gasteiger partial charge in [-0.1, -0.05) is 11.8 Å². The molecular formula is C11H16N2O2S. The van der Waals surface area contributed by atoms with Crippen LogP contribution < -0.4 is 0 Å². The first kappa shape index (κ1) is 10.6. The van der Waals surface area contributed by atoms with Crippen LogP contribution in [-0.4, -0.2) is 51.9 Å². The molecule has 0 aliphatic carbocycles. The molecule has 0 aromatic heterocycles. The SMILES string of the molecule is CN1[C@@H]2CC[C@H]1C[C@H](N1C(=O)CSC1=O)C2. The monoisotopic (exact) mass is 240 g/mol. The van der Waals surface area contributed by atoms with E-state index < -0.39 is 0 Å². The average Bonchev–Trinajstić information content (AvgIpc) is 2.67. The van der Waals surface area contributed by atoms with Crippen molar-refractivity contribution in [2.24, 2.45) is 0 Å². The van der Waals surface area contributed by atoms with E-state index in [0.717, 1.165) is 24.6 Å². The molecular weight excluding hydrogens is 224 g/mol. The molecule has 5 heteroatoms. The first-order valence-corrected chi connectivity index (χ1v) is 6.86. The number of fused-ring (bicyclic) bond motifs is 2. The van der Waals surface area contributed by atoms with Gasteiger partial charge in [0.1, 0.15) is 0 Å². The number of carbonyl (C=O) groups is 2. The average molecular weight is 240 g/mol. The number of imide groups is 1. The summed E-state index contributed by atoms with van der Waals surface area (Å²) in [6.07, 6.45) is 4.40. The molecule has 3 rings (SSSR count). The Hall–Kier alpha value is -0.550. The second kappa shape index (κ2) is 3.74. The van der Waals surface area contributed by atoms with E-state index in [1.807, 2.05) is 0 Å². The second-order valence-corrected chi connectivity index (χ2v) is 5.92. The maximum atomic E-state index is 11.7. The maximum Gasteiger partial charge on any atom is 0.289 e. The van der Waals surface area contributed by atoms with E-state index in [0.29, 0.717) is 17.8 Å². The van der Waals surface area contributed by atoms with Crippen LogP contribution in [-0.2, 0) is 4.79 Å². The molecule has 16 heavy (non-hydrogen) atoms. The molecule has 0 radical (unpaired) electrons. The first-order chi connectivity index (χ1) is 7.66. The van der Waals surface area contributed by atoms with Crippen molar-refractivity contribution in [1.29, 1.82) is 0 Å². The van der Waals surface area contributed by atoms with Gasteiger partial charge in [-0.05, 0) is 32.7 Å². The maximum absolute atomic E-state index is 11.7. The van der Waals surface area contributed by atoms with Crippen LogP contribution in [0, 0.1) is 0 Å². The quantitative estimate of drug-likeness (QED) is 0.693. The number of carbonyl (C=O) groups excluding carboxylic acids is 2. The van der Waals surface area contributed by atoms with Crippen molar-refractivity contribution < 1.29 is 9.59 Å². The smallest absolute Gasteiger partial charge is 0.289 e. The molecule has 3 aliphatic heterocycles. The van der Waals surface area contributed by atoms with Gasteiger partial charge in [0.15, 0.2) is 0 Å². The van der Waals surface area contributed by atoms with Crippen LogP contribution in [0.1, 0.15) is 25.7 Å². The van der Waals surface area contributed by atoms with E-state index in [-0.39, 0.29) is 17.2 Å². The lowest BCUT2D eigenvalue weighted by Gasteiger charge is -2.39. The zero-order valence-corrected chi connectivity index (χ0v) is 10.2. The van der Waals surface area contributed by atoms with Crippen LogP contribution in [0.2, 0.25) is 0 Å². The normalized spacial score (nSPS) is 39.8. The van der Waals surface area contributed by atoms with Crippen molar-refractivity contribution >= 4 is 22.9 Å². The largest absolute Gasteiger partial charge is 0.300 e. The van der Waals surface area contributed by atoms with Crippen LogP contribution in [0.5, 0.6) is 0 Å². The van der Waals surface area contributed by atoms with Gasteiger partial charge in [-0.15, -0.1) is 0 Å². The van der Waals surface area contributed by atoms with Gasteiger partial charge in [-0.2, -0.15) is 0 Å². The van der Waals surface area contributed by atoms with Crippen molar-refractivity contribution in [1.82, 2.24) is 9.80 Å². The Morgan fingerprint density at radius 1 is 1.12 bits per heavy atom. The summed E-state index contributed by atoms with van der Waals surface area (Å²) < 4.78 is 0. The Balaban J connectivity index is 1.77. The summed E-state index contributed by atoms with van der Waals surface area (Å²) >= 11 is 1.15. The molecule has 2 bridgehead atoms. The molecule has 0 unspecified atom stereocenters. The van der Waals surface area contributed by atoms with Crippen LogP contribution in [0.15, 0.2) is 0 Å². The highest BCUT2D eigenvalue weighted by Gasteiger charge is 2.45. The highest BCUT2D eigenvalue weighted by molar-refractivity contribution is 8.14. The predicted octanol–water partition coefficient (Wildman–Crippen LogP) is 1.31. The summed E-state index contributed by atoms with van der Waals surface area (Å²) in [7, 11) is 2.17. The number of thioether (sulfide) groups is 1. The molecule has 0 N–H and O–H groups in total. The molecule has 0 saturated carbocycles. The lowest BCUT2D eigenvalue weighted by molar-refractivity contribution is -0.127. The van der Waals surface area contributed by atoms with Gasteiger partial charge < -0.3 is 4.90 Å². The van der Waals surface area contributed by atoms with Gasteiger partial charge in [-0.3, -0.25) is 14.5 Å². The first-order valence-electron chi connectivity index (χ1n) is 5.87. The Morgan fingerprint density at radius 2 is 1.75 bits per heavy atom. The van der Waals surface area contributed by atoms with E-state index >= 15 is 0 Å². The Kier molecular flexibility index (Phi) is 2.47. The highest BCUT2D eigenvalue weighted by atomic mass is 32.2. The van der Waals surface area contributed by atoms with Gasteiger partial charge in [0.25, 0.3) is 5.24 Å². The van der Waals surface area contributed by atoms with Gasteiger partial charge in [0.2, 0.25) is 5.91 Å². The molecule has 3 fully saturated rings. The third-order valence-corrected chi connectivity index (χ3v) is 5.06. The zero-order valence-electron chi connectivity index (χ0n) is 9.39. The molecule has 3 saturated heterocycles. The molecule has 0 aromatic rings. The van der Waals surface area contributed by atoms with Crippen molar-refractivity contribution in [2.75, 3.05) is 12.8 Å². The number of hydrogen-bond acceptors (Lipinski definition) is 4. The van der Waals surface area contributed by atoms with Gasteiger partial charge in [0.05, 0.1) is 5.75 Å². The van der Waals surface area contributed by atoms with Crippen LogP contribution in [0.25, 0.3) is 0 Å². The van der Waals surface area contributed by atoms with Gasteiger partial charge in [-0.25, -0.2) is 0 Å². The molecule has 3 heterocycles. The number of amides is 2. The van der Waals surface area contributed by atoms with Crippen molar-refractivity contribution in [3.8, 4) is 0 Å². The lowest BCUT2D eigenvalue weighted by Crippen LogP contribution is -2.50. The highest BCUT2D eigenvalue weighted by Crippen LogP contribution is 2.38. The minimum atomic E-state index is -0.0287. The number of rotatable bonds is 1. The topological polar surface area (TPSA) is 40.6 Å². The van der Waals surface area contributed by atoms with E-state index in [1.165, 1.54) is 17.7 Å². The summed E-state index contributed by atoms with van der Waals surface area (Å²) in [5, 5.41) is -0.0287. The second-order valence-electron chi connectivity index (χ2n) is 4.99. The predicted molar refractivity (Wildman–Crippen MR) is 62.3 cm³/mol. The van der Waals surface area contributed by atoms with Crippen molar-refractivity contribution in [3.63, 3.8) is 0 Å². The summed E-state index contributed by atoms with van der Waals surface area (Å²) in [6.45, 7) is 0. The fourth-order valence-electron chi connectivity index (χ4n) is 3.31. The minimum absolute atomic E-state index is 0.0175. The Morgan fingerprint density at radius 3 is 2.25 bits per heavy atom. The van der Waals surface area contributed by atoms with E-state index in [4.69, 9.17) is 0 Å². The number of hydrogen-bond donors (Lipinski definition) is 0. The summed E-state index contributed by atoms with van der Waals surface area (Å²) in [4.78, 5) is 27.3. The molecule has 3 atom stereocenters. The van der Waals surface area contributed by atoms with Crippen molar-refractivity contribution in [3.05, 3.63) is 0 Å². The fraction of sp³-hybridized carbons (Fsp3) is 0.818. The Labute approximate surface area is 99.3 Å². The number of piperidine rings is 1. The Bertz CT molecular complexity index is 317. The van der Waals surface area contributed by atoms with Crippen LogP contribution in [0.3, 0.4) is 0 Å². The molecule has 3 aliphatic rings. The summed E-state index contributed by atoms with van der Waals surface area (Å²) in [5.74, 6) is 0.365. The lowest BCUT2D eigenvalue weighted by atomic mass is 9.97. The van der Waals surface area contributed by atoms with E-state index in [1.54, 1.807) is 0 Å². The molecule has 4 nitrogen and oxygen atoms in total. The van der Waals surface area contributed by atoms with Crippen LogP contribution in [0.4, 0.5) is 4.79 Å². The number of nitrogens with zero attached hydrogens (tertiary/aromatic N) is 2. The molecule has 0 spiro atoms. The zero-order chi connectivity index (χ0) is 11.3. The van der Waals surface area contributed by atoms with Gasteiger partial charge in [0, 0.05) is 18.1 Å². The third kappa shape index (κ3) is 1.49. The standard InChI is InChI=1S/C11H16N2O2S/c1-12-7-2-3-8(12)5-9(4-7)13-10(14)6-16-11(13)15/h7-9H,2-6H2,1H3/t7-,8+,9-. The molecule has 0 aromatic carbocycles. The minimum Gasteiger partial charge on any atom is -0.300 e. The third-order valence-electron chi connectivity index (χ3n) is 4.22. The fourth-order valence-corrected chi connectivity index (χ4v) is 4.09. The van der Waals surface area contributed by atoms with Crippen molar-refractivity contribution in [2.45, 2.75) is 43.8 Å². The van der Waals surface area contributed by atoms with Crippen LogP contribution >= 0.6 is 11.8 Å². The molecule has 2 amide bonds.